The molecule has 1 aromatic rings. The average molecular weight is 254 g/mol. The van der Waals surface area contributed by atoms with Crippen LogP contribution in [0.2, 0.25) is 0 Å². The third kappa shape index (κ3) is 2.70. The average Bonchev–Trinajstić information content (AvgIpc) is 3.00. The summed E-state index contributed by atoms with van der Waals surface area (Å²) in [6.45, 7) is 6.75. The Labute approximate surface area is 108 Å². The zero-order valence-electron chi connectivity index (χ0n) is 11.1. The van der Waals surface area contributed by atoms with E-state index >= 15 is 0 Å². The van der Waals surface area contributed by atoms with Gasteiger partial charge in [0, 0.05) is 19.1 Å². The van der Waals surface area contributed by atoms with Crippen LogP contribution < -0.4 is 4.90 Å². The monoisotopic (exact) mass is 254 g/mol. The Bertz CT molecular complexity index is 430. The van der Waals surface area contributed by atoms with Crippen LogP contribution in [0.4, 0.5) is 5.95 Å². The molecule has 0 aliphatic heterocycles. The van der Waals surface area contributed by atoms with E-state index in [1.54, 1.807) is 0 Å². The van der Waals surface area contributed by atoms with Crippen LogP contribution in [0.3, 0.4) is 0 Å². The predicted octanol–water partition coefficient (Wildman–Crippen LogP) is 3.15. The van der Waals surface area contributed by atoms with E-state index in [0.29, 0.717) is 18.0 Å². The molecule has 5 heteroatoms. The molecule has 0 radical (unpaired) electrons. The minimum absolute atomic E-state index is 0.484. The van der Waals surface area contributed by atoms with E-state index in [-0.39, 0.29) is 0 Å². The molecule has 0 aromatic carbocycles. The van der Waals surface area contributed by atoms with Crippen molar-refractivity contribution in [3.63, 3.8) is 0 Å². The first-order chi connectivity index (χ1) is 8.00. The van der Waals surface area contributed by atoms with Gasteiger partial charge in [0.05, 0.1) is 0 Å². The second-order valence-electron chi connectivity index (χ2n) is 5.52. The third-order valence-corrected chi connectivity index (χ3v) is 3.67. The van der Waals surface area contributed by atoms with Crippen LogP contribution in [-0.2, 0) is 0 Å². The van der Waals surface area contributed by atoms with Gasteiger partial charge in [-0.15, -0.1) is 5.10 Å². The summed E-state index contributed by atoms with van der Waals surface area (Å²) in [7, 11) is 2.11. The summed E-state index contributed by atoms with van der Waals surface area (Å²) in [5, 5.41) is 7.30. The summed E-state index contributed by atoms with van der Waals surface area (Å²) in [4.78, 5) is 2.24. The molecular formula is C12H22N4S. The zero-order valence-corrected chi connectivity index (χ0v) is 11.9. The number of anilines is 1. The van der Waals surface area contributed by atoms with Gasteiger partial charge in [0.25, 0.3) is 0 Å². The fraction of sp³-hybridized carbons (Fsp3) is 0.833. The van der Waals surface area contributed by atoms with Crippen molar-refractivity contribution in [2.24, 2.45) is 5.92 Å². The van der Waals surface area contributed by atoms with E-state index in [1.165, 1.54) is 19.3 Å². The van der Waals surface area contributed by atoms with Crippen molar-refractivity contribution in [3.05, 3.63) is 4.77 Å². The highest BCUT2D eigenvalue weighted by Gasteiger charge is 2.29. The van der Waals surface area contributed by atoms with Crippen LogP contribution in [0.1, 0.15) is 46.1 Å². The van der Waals surface area contributed by atoms with Gasteiger partial charge in [-0.3, -0.25) is 4.57 Å². The maximum Gasteiger partial charge on any atom is 0.225 e. The molecule has 0 saturated heterocycles. The SMILES string of the molecule is CC(C)CC(C)N(C)c1n[nH]c(=S)n1C1CC1. The molecule has 0 amide bonds. The van der Waals surface area contributed by atoms with Gasteiger partial charge >= 0.3 is 0 Å². The molecule has 1 aliphatic carbocycles. The molecule has 96 valence electrons. The Balaban J connectivity index is 2.18. The molecule has 2 rings (SSSR count). The molecule has 1 aromatic heterocycles. The Morgan fingerprint density at radius 3 is 2.65 bits per heavy atom. The molecule has 1 N–H and O–H groups in total. The molecule has 1 saturated carbocycles. The van der Waals surface area contributed by atoms with Gasteiger partial charge in [0.1, 0.15) is 0 Å². The molecule has 0 bridgehead atoms. The number of nitrogens with zero attached hydrogens (tertiary/aromatic N) is 3. The second kappa shape index (κ2) is 4.80. The van der Waals surface area contributed by atoms with E-state index in [4.69, 9.17) is 12.2 Å². The molecule has 0 spiro atoms. The summed E-state index contributed by atoms with van der Waals surface area (Å²) in [6, 6.07) is 1.06. The topological polar surface area (TPSA) is 36.9 Å². The largest absolute Gasteiger partial charge is 0.341 e. The Morgan fingerprint density at radius 2 is 2.12 bits per heavy atom. The van der Waals surface area contributed by atoms with Gasteiger partial charge in [-0.25, -0.2) is 5.10 Å². The fourth-order valence-corrected chi connectivity index (χ4v) is 2.52. The van der Waals surface area contributed by atoms with E-state index in [1.807, 2.05) is 0 Å². The lowest BCUT2D eigenvalue weighted by Crippen LogP contribution is -2.32. The molecular weight excluding hydrogens is 232 g/mol. The normalized spacial score (nSPS) is 17.5. The van der Waals surface area contributed by atoms with Crippen molar-refractivity contribution in [1.29, 1.82) is 0 Å². The van der Waals surface area contributed by atoms with E-state index < -0.39 is 0 Å². The fourth-order valence-electron chi connectivity index (χ4n) is 2.24. The van der Waals surface area contributed by atoms with Crippen LogP contribution in [-0.4, -0.2) is 27.9 Å². The van der Waals surface area contributed by atoms with Gasteiger partial charge < -0.3 is 4.90 Å². The van der Waals surface area contributed by atoms with E-state index in [2.05, 4.69) is 47.5 Å². The third-order valence-electron chi connectivity index (χ3n) is 3.39. The number of hydrogen-bond acceptors (Lipinski definition) is 3. The van der Waals surface area contributed by atoms with Crippen LogP contribution in [0.15, 0.2) is 0 Å². The van der Waals surface area contributed by atoms with Crippen LogP contribution in [0.25, 0.3) is 0 Å². The Morgan fingerprint density at radius 1 is 1.47 bits per heavy atom. The highest BCUT2D eigenvalue weighted by molar-refractivity contribution is 7.71. The molecule has 1 unspecified atom stereocenters. The number of nitrogens with one attached hydrogen (secondary N) is 1. The maximum atomic E-state index is 5.30. The summed E-state index contributed by atoms with van der Waals surface area (Å²) in [5.74, 6) is 1.69. The summed E-state index contributed by atoms with van der Waals surface area (Å²) in [6.07, 6.45) is 3.63. The maximum absolute atomic E-state index is 5.30. The molecule has 1 atom stereocenters. The van der Waals surface area contributed by atoms with Crippen LogP contribution >= 0.6 is 12.2 Å². The smallest absolute Gasteiger partial charge is 0.225 e. The number of hydrogen-bond donors (Lipinski definition) is 1. The number of H-pyrrole nitrogens is 1. The molecule has 1 aliphatic rings. The summed E-state index contributed by atoms with van der Waals surface area (Å²) in [5.41, 5.74) is 0. The highest BCUT2D eigenvalue weighted by Crippen LogP contribution is 2.38. The Kier molecular flexibility index (Phi) is 3.56. The van der Waals surface area contributed by atoms with E-state index in [9.17, 15) is 0 Å². The quantitative estimate of drug-likeness (QED) is 0.820. The van der Waals surface area contributed by atoms with E-state index in [0.717, 1.165) is 10.7 Å². The first-order valence-electron chi connectivity index (χ1n) is 6.40. The second-order valence-corrected chi connectivity index (χ2v) is 5.91. The van der Waals surface area contributed by atoms with Gasteiger partial charge in [-0.1, -0.05) is 13.8 Å². The van der Waals surface area contributed by atoms with Crippen LogP contribution in [0.5, 0.6) is 0 Å². The first-order valence-corrected chi connectivity index (χ1v) is 6.81. The summed E-state index contributed by atoms with van der Waals surface area (Å²) >= 11 is 5.30. The van der Waals surface area contributed by atoms with Crippen molar-refractivity contribution in [1.82, 2.24) is 14.8 Å². The van der Waals surface area contributed by atoms with Gasteiger partial charge in [0.2, 0.25) is 5.95 Å². The summed E-state index contributed by atoms with van der Waals surface area (Å²) < 4.78 is 2.93. The molecule has 1 heterocycles. The molecule has 4 nitrogen and oxygen atoms in total. The number of aromatic amines is 1. The molecule has 1 fully saturated rings. The van der Waals surface area contributed by atoms with Crippen molar-refractivity contribution in [3.8, 4) is 0 Å². The van der Waals surface area contributed by atoms with Gasteiger partial charge in [-0.05, 0) is 44.3 Å². The van der Waals surface area contributed by atoms with Crippen molar-refractivity contribution >= 4 is 18.2 Å². The van der Waals surface area contributed by atoms with Gasteiger partial charge in [0.15, 0.2) is 4.77 Å². The highest BCUT2D eigenvalue weighted by atomic mass is 32.1. The van der Waals surface area contributed by atoms with Crippen LogP contribution in [0, 0.1) is 10.7 Å². The zero-order chi connectivity index (χ0) is 12.6. The molecule has 17 heavy (non-hydrogen) atoms. The lowest BCUT2D eigenvalue weighted by Gasteiger charge is -2.27. The number of rotatable bonds is 5. The van der Waals surface area contributed by atoms with Gasteiger partial charge in [-0.2, -0.15) is 0 Å². The van der Waals surface area contributed by atoms with Crippen molar-refractivity contribution in [2.45, 2.75) is 52.1 Å². The van der Waals surface area contributed by atoms with Crippen molar-refractivity contribution in [2.75, 3.05) is 11.9 Å². The minimum Gasteiger partial charge on any atom is -0.341 e. The van der Waals surface area contributed by atoms with Crippen molar-refractivity contribution < 1.29 is 0 Å². The first kappa shape index (κ1) is 12.6. The number of aromatic nitrogens is 3. The predicted molar refractivity (Wildman–Crippen MR) is 73.0 cm³/mol. The lowest BCUT2D eigenvalue weighted by atomic mass is 10.0. The standard InChI is InChI=1S/C12H22N4S/c1-8(2)7-9(3)15(4)11-13-14-12(17)16(11)10-5-6-10/h8-10H,5-7H2,1-4H3,(H,14,17). The minimum atomic E-state index is 0.484. The Hall–Kier alpha value is -0.840. The lowest BCUT2D eigenvalue weighted by molar-refractivity contribution is 0.494.